The Labute approximate surface area is 417 Å². The fraction of sp³-hybridized carbons (Fsp3) is 0.981. The van der Waals surface area contributed by atoms with Crippen LogP contribution in [0.2, 0.25) is 0 Å². The van der Waals surface area contributed by atoms with Crippen LogP contribution in [-0.2, 0) is 23.7 Å². The summed E-state index contributed by atoms with van der Waals surface area (Å²) in [6, 6.07) is -1.07. The Morgan fingerprint density at radius 1 is 0.449 bits per heavy atom. The number of aliphatic hydroxyl groups is 9. The molecule has 2 aliphatic rings. The molecule has 69 heavy (non-hydrogen) atoms. The van der Waals surface area contributed by atoms with Crippen LogP contribution in [0.15, 0.2) is 0 Å². The maximum atomic E-state index is 13.7. The van der Waals surface area contributed by atoms with Gasteiger partial charge in [-0.2, -0.15) is 0 Å². The summed E-state index contributed by atoms with van der Waals surface area (Å²) in [6.07, 6.45) is 22.2. The summed E-state index contributed by atoms with van der Waals surface area (Å²) in [5, 5.41) is 97.1. The highest BCUT2D eigenvalue weighted by atomic mass is 16.7. The van der Waals surface area contributed by atoms with Gasteiger partial charge in [-0.05, 0) is 12.8 Å². The normalized spacial score (nSPS) is 26.5. The predicted octanol–water partition coefficient (Wildman–Crippen LogP) is 7.53. The number of hydrogen-bond donors (Lipinski definition) is 10. The molecule has 1 amide bonds. The molecule has 0 aromatic heterocycles. The maximum absolute atomic E-state index is 13.7. The fourth-order valence-electron chi connectivity index (χ4n) is 9.73. The van der Waals surface area contributed by atoms with E-state index in [1.54, 1.807) is 0 Å². The van der Waals surface area contributed by atoms with Crippen molar-refractivity contribution in [2.24, 2.45) is 0 Å². The number of carbonyl (C=O) groups is 1. The zero-order valence-electron chi connectivity index (χ0n) is 43.4. The SMILES string of the molecule is CCCCCCCCCCCCCCCCCCCCCCC(O)C(=O)N[C@H](CO[C@H]1O[C@H](CO)[C@H](O)[C@H](O)[C@H]1O)[C@@H](CCCCCCCCCCCCCCC)O[C@@H]1O[C@H](CO)[C@H](O)[C@H](O)[C@H]1O. The summed E-state index contributed by atoms with van der Waals surface area (Å²) in [7, 11) is 0. The number of carbonyl (C=O) groups excluding carboxylic acids is 1. The predicted molar refractivity (Wildman–Crippen MR) is 269 cm³/mol. The second-order valence-corrected chi connectivity index (χ2v) is 20.6. The minimum Gasteiger partial charge on any atom is -0.394 e. The van der Waals surface area contributed by atoms with Crippen molar-refractivity contribution in [2.75, 3.05) is 19.8 Å². The molecule has 0 aromatic rings. The highest BCUT2D eigenvalue weighted by Gasteiger charge is 2.47. The molecule has 1 unspecified atom stereocenters. The molecule has 410 valence electrons. The molecule has 0 saturated carbocycles. The quantitative estimate of drug-likeness (QED) is 0.0265. The van der Waals surface area contributed by atoms with Gasteiger partial charge in [0.2, 0.25) is 5.91 Å². The molecule has 15 nitrogen and oxygen atoms in total. The lowest BCUT2D eigenvalue weighted by Gasteiger charge is -2.42. The topological polar surface area (TPSA) is 248 Å². The number of amides is 1. The highest BCUT2D eigenvalue weighted by Crippen LogP contribution is 2.28. The summed E-state index contributed by atoms with van der Waals surface area (Å²) >= 11 is 0. The number of aliphatic hydroxyl groups excluding tert-OH is 9. The summed E-state index contributed by atoms with van der Waals surface area (Å²) in [5.41, 5.74) is 0. The third kappa shape index (κ3) is 27.7. The lowest BCUT2D eigenvalue weighted by molar-refractivity contribution is -0.319. The Balaban J connectivity index is 1.93. The van der Waals surface area contributed by atoms with Crippen LogP contribution >= 0.6 is 0 Å². The summed E-state index contributed by atoms with van der Waals surface area (Å²) < 4.78 is 23.5. The van der Waals surface area contributed by atoms with Crippen molar-refractivity contribution in [1.82, 2.24) is 5.32 Å². The summed E-state index contributed by atoms with van der Waals surface area (Å²) in [4.78, 5) is 13.7. The molecule has 2 heterocycles. The van der Waals surface area contributed by atoms with Gasteiger partial charge in [0.15, 0.2) is 12.6 Å². The Hall–Kier alpha value is -1.05. The van der Waals surface area contributed by atoms with E-state index >= 15 is 0 Å². The van der Waals surface area contributed by atoms with E-state index in [2.05, 4.69) is 19.2 Å². The average molecular weight is 992 g/mol. The minimum atomic E-state index is -1.72. The van der Waals surface area contributed by atoms with E-state index < -0.39 is 105 Å². The van der Waals surface area contributed by atoms with Gasteiger partial charge in [0, 0.05) is 0 Å². The van der Waals surface area contributed by atoms with Crippen LogP contribution in [0.5, 0.6) is 0 Å². The van der Waals surface area contributed by atoms with E-state index in [1.165, 1.54) is 154 Å². The Morgan fingerprint density at radius 2 is 0.768 bits per heavy atom. The van der Waals surface area contributed by atoms with Gasteiger partial charge in [0.25, 0.3) is 0 Å². The van der Waals surface area contributed by atoms with Crippen molar-refractivity contribution in [3.63, 3.8) is 0 Å². The lowest BCUT2D eigenvalue weighted by atomic mass is 9.98. The number of unbranched alkanes of at least 4 members (excludes halogenated alkanes) is 31. The van der Waals surface area contributed by atoms with Crippen molar-refractivity contribution >= 4 is 5.91 Å². The van der Waals surface area contributed by atoms with Gasteiger partial charge < -0.3 is 70.2 Å². The largest absolute Gasteiger partial charge is 0.394 e. The fourth-order valence-corrected chi connectivity index (χ4v) is 9.73. The van der Waals surface area contributed by atoms with Crippen molar-refractivity contribution < 1.29 is 69.7 Å². The average Bonchev–Trinajstić information content (AvgIpc) is 3.35. The zero-order valence-corrected chi connectivity index (χ0v) is 43.4. The van der Waals surface area contributed by atoms with Crippen molar-refractivity contribution in [1.29, 1.82) is 0 Å². The van der Waals surface area contributed by atoms with E-state index in [9.17, 15) is 50.8 Å². The first-order valence-corrected chi connectivity index (χ1v) is 28.4. The smallest absolute Gasteiger partial charge is 0.249 e. The van der Waals surface area contributed by atoms with Crippen LogP contribution in [0, 0.1) is 0 Å². The third-order valence-corrected chi connectivity index (χ3v) is 14.4. The Kier molecular flexibility index (Phi) is 38.4. The maximum Gasteiger partial charge on any atom is 0.249 e. The van der Waals surface area contributed by atoms with Gasteiger partial charge in [0.1, 0.15) is 54.9 Å². The molecule has 10 N–H and O–H groups in total. The molecule has 0 spiro atoms. The second kappa shape index (κ2) is 41.3. The van der Waals surface area contributed by atoms with Crippen molar-refractivity contribution in [3.8, 4) is 0 Å². The van der Waals surface area contributed by atoms with Gasteiger partial charge in [-0.3, -0.25) is 4.79 Å². The highest BCUT2D eigenvalue weighted by molar-refractivity contribution is 5.80. The first-order chi connectivity index (χ1) is 33.5. The first kappa shape index (κ1) is 64.1. The van der Waals surface area contributed by atoms with Crippen molar-refractivity contribution in [3.05, 3.63) is 0 Å². The van der Waals surface area contributed by atoms with Gasteiger partial charge in [-0.1, -0.05) is 226 Å². The Morgan fingerprint density at radius 3 is 1.13 bits per heavy atom. The van der Waals surface area contributed by atoms with Gasteiger partial charge in [-0.15, -0.1) is 0 Å². The third-order valence-electron chi connectivity index (χ3n) is 14.4. The monoisotopic (exact) mass is 992 g/mol. The van der Waals surface area contributed by atoms with Gasteiger partial charge in [-0.25, -0.2) is 0 Å². The van der Waals surface area contributed by atoms with Crippen molar-refractivity contribution in [2.45, 2.75) is 318 Å². The molecule has 0 aromatic carbocycles. The molecule has 0 aliphatic carbocycles. The molecular formula is C54H105NO14. The first-order valence-electron chi connectivity index (χ1n) is 28.4. The van der Waals surface area contributed by atoms with Crippen LogP contribution in [0.3, 0.4) is 0 Å². The molecule has 2 fully saturated rings. The van der Waals surface area contributed by atoms with Crippen LogP contribution in [0.4, 0.5) is 0 Å². The summed E-state index contributed by atoms with van der Waals surface area (Å²) in [6.45, 7) is 2.75. The zero-order chi connectivity index (χ0) is 50.5. The van der Waals surface area contributed by atoms with E-state index in [0.717, 1.165) is 44.9 Å². The molecule has 2 saturated heterocycles. The number of rotatable bonds is 45. The number of ether oxygens (including phenoxy) is 4. The minimum absolute atomic E-state index is 0.224. The van der Waals surface area contributed by atoms with Crippen LogP contribution in [0.25, 0.3) is 0 Å². The molecular weight excluding hydrogens is 887 g/mol. The van der Waals surface area contributed by atoms with E-state index in [-0.39, 0.29) is 6.42 Å². The van der Waals surface area contributed by atoms with Crippen LogP contribution in [-0.4, -0.2) is 151 Å². The number of hydrogen-bond acceptors (Lipinski definition) is 14. The summed E-state index contributed by atoms with van der Waals surface area (Å²) in [5.74, 6) is -0.692. The van der Waals surface area contributed by atoms with Gasteiger partial charge in [0.05, 0.1) is 32.0 Å². The Bertz CT molecular complexity index is 1190. The molecule has 13 atom stereocenters. The lowest BCUT2D eigenvalue weighted by Crippen LogP contribution is -2.62. The van der Waals surface area contributed by atoms with Crippen LogP contribution < -0.4 is 5.32 Å². The standard InChI is InChI=1S/C54H105NO14/c1-3-5-7-9-11-13-15-17-18-19-20-21-22-23-25-26-28-30-32-34-36-42(58)52(65)55-41(40-66-53-50(63)48(61)46(59)44(38-56)68-53)43(67-54-51(64)49(62)47(60)45(39-57)69-54)37-35-33-31-29-27-24-16-14-12-10-8-6-4-2/h41-51,53-54,56-64H,3-40H2,1-2H3,(H,55,65)/t41-,42?,43-,44-,45-,46+,47+,48+,49+,50-,51-,53+,54-/m1/s1. The molecule has 0 bridgehead atoms. The molecule has 15 heteroatoms. The molecule has 2 aliphatic heterocycles. The van der Waals surface area contributed by atoms with E-state index in [4.69, 9.17) is 18.9 Å². The van der Waals surface area contributed by atoms with E-state index in [1.807, 2.05) is 0 Å². The molecule has 2 rings (SSSR count). The second-order valence-electron chi connectivity index (χ2n) is 20.6. The number of nitrogens with one attached hydrogen (secondary N) is 1. The van der Waals surface area contributed by atoms with E-state index in [0.29, 0.717) is 19.3 Å². The van der Waals surface area contributed by atoms with Crippen LogP contribution in [0.1, 0.15) is 239 Å². The van der Waals surface area contributed by atoms with Gasteiger partial charge >= 0.3 is 0 Å². The molecule has 0 radical (unpaired) electrons.